The number of aliphatic hydroxyl groups excluding tert-OH is 1. The van der Waals surface area contributed by atoms with Gasteiger partial charge in [-0.2, -0.15) is 15.0 Å². The standard InChI is InChI=1S/C20H22N4O3/c1-26-18-8-9-19(27-2)20-16(18)12-23(13-17(20)25)11-14-10-21-24(22-14)15-6-4-3-5-7-15/h3-10,17,25H,11-13H2,1-2H3/t17-/m0/s1. The van der Waals surface area contributed by atoms with Gasteiger partial charge in [-0.25, -0.2) is 0 Å². The smallest absolute Gasteiger partial charge is 0.125 e. The number of aliphatic hydroxyl groups is 1. The molecule has 1 atom stereocenters. The number of hydrogen-bond acceptors (Lipinski definition) is 6. The molecule has 1 aromatic heterocycles. The molecule has 1 N–H and O–H groups in total. The van der Waals surface area contributed by atoms with Crippen LogP contribution in [0.3, 0.4) is 0 Å². The highest BCUT2D eigenvalue weighted by molar-refractivity contribution is 5.51. The van der Waals surface area contributed by atoms with Crippen LogP contribution in [-0.2, 0) is 13.1 Å². The number of β-amino-alcohol motifs (C(OH)–C–C–N with tert-alkyl or cyclic N) is 1. The van der Waals surface area contributed by atoms with Crippen molar-refractivity contribution in [3.63, 3.8) is 0 Å². The zero-order valence-electron chi connectivity index (χ0n) is 15.4. The van der Waals surface area contributed by atoms with Crippen LogP contribution < -0.4 is 9.47 Å². The van der Waals surface area contributed by atoms with Crippen molar-refractivity contribution < 1.29 is 14.6 Å². The number of rotatable bonds is 5. The fourth-order valence-corrected chi connectivity index (χ4v) is 3.55. The van der Waals surface area contributed by atoms with Gasteiger partial charge in [0.15, 0.2) is 0 Å². The predicted molar refractivity (Wildman–Crippen MR) is 100.0 cm³/mol. The maximum atomic E-state index is 10.7. The summed E-state index contributed by atoms with van der Waals surface area (Å²) in [5.74, 6) is 1.44. The number of hydrogen-bond donors (Lipinski definition) is 1. The highest BCUT2D eigenvalue weighted by Crippen LogP contribution is 2.39. The van der Waals surface area contributed by atoms with E-state index >= 15 is 0 Å². The first kappa shape index (κ1) is 17.5. The maximum Gasteiger partial charge on any atom is 0.125 e. The summed E-state index contributed by atoms with van der Waals surface area (Å²) < 4.78 is 10.9. The van der Waals surface area contributed by atoms with E-state index in [0.29, 0.717) is 25.4 Å². The molecule has 0 amide bonds. The van der Waals surface area contributed by atoms with Crippen LogP contribution >= 0.6 is 0 Å². The van der Waals surface area contributed by atoms with E-state index in [1.54, 1.807) is 25.2 Å². The van der Waals surface area contributed by atoms with E-state index in [1.165, 1.54) is 0 Å². The van der Waals surface area contributed by atoms with Crippen molar-refractivity contribution in [2.75, 3.05) is 20.8 Å². The summed E-state index contributed by atoms with van der Waals surface area (Å²) in [6.07, 6.45) is 1.11. The summed E-state index contributed by atoms with van der Waals surface area (Å²) in [5, 5.41) is 19.6. The Bertz CT molecular complexity index is 926. The number of ether oxygens (including phenoxy) is 2. The van der Waals surface area contributed by atoms with E-state index in [-0.39, 0.29) is 0 Å². The van der Waals surface area contributed by atoms with Crippen LogP contribution in [0.5, 0.6) is 11.5 Å². The summed E-state index contributed by atoms with van der Waals surface area (Å²) in [4.78, 5) is 3.75. The van der Waals surface area contributed by atoms with Gasteiger partial charge < -0.3 is 14.6 Å². The van der Waals surface area contributed by atoms with Gasteiger partial charge >= 0.3 is 0 Å². The maximum absolute atomic E-state index is 10.7. The molecule has 2 aromatic carbocycles. The van der Waals surface area contributed by atoms with Crippen molar-refractivity contribution >= 4 is 0 Å². The third-order valence-electron chi connectivity index (χ3n) is 4.77. The highest BCUT2D eigenvalue weighted by Gasteiger charge is 2.30. The number of para-hydroxylation sites is 1. The molecule has 0 radical (unpaired) electrons. The van der Waals surface area contributed by atoms with Crippen molar-refractivity contribution in [2.24, 2.45) is 0 Å². The lowest BCUT2D eigenvalue weighted by molar-refractivity contribution is 0.0835. The summed E-state index contributed by atoms with van der Waals surface area (Å²) in [6, 6.07) is 13.5. The lowest BCUT2D eigenvalue weighted by Crippen LogP contribution is -2.34. The molecule has 1 aliphatic rings. The van der Waals surface area contributed by atoms with Crippen LogP contribution in [0.25, 0.3) is 5.69 Å². The van der Waals surface area contributed by atoms with E-state index in [0.717, 1.165) is 28.3 Å². The Morgan fingerprint density at radius 1 is 1.07 bits per heavy atom. The number of aromatic nitrogens is 3. The second-order valence-corrected chi connectivity index (χ2v) is 6.51. The number of methoxy groups -OCH3 is 2. The molecule has 140 valence electrons. The van der Waals surface area contributed by atoms with Gasteiger partial charge in [-0.15, -0.1) is 0 Å². The first-order valence-electron chi connectivity index (χ1n) is 8.80. The molecule has 0 bridgehead atoms. The Balaban J connectivity index is 1.57. The second-order valence-electron chi connectivity index (χ2n) is 6.51. The summed E-state index contributed by atoms with van der Waals surface area (Å²) in [5.41, 5.74) is 3.52. The molecular weight excluding hydrogens is 344 g/mol. The molecule has 0 unspecified atom stereocenters. The zero-order chi connectivity index (χ0) is 18.8. The molecule has 0 aliphatic carbocycles. The Labute approximate surface area is 157 Å². The Morgan fingerprint density at radius 2 is 1.81 bits per heavy atom. The molecule has 7 nitrogen and oxygen atoms in total. The summed E-state index contributed by atoms with van der Waals surface area (Å²) >= 11 is 0. The third kappa shape index (κ3) is 3.39. The summed E-state index contributed by atoms with van der Waals surface area (Å²) in [7, 11) is 3.25. The molecule has 0 saturated carbocycles. The van der Waals surface area contributed by atoms with Crippen LogP contribution in [0.2, 0.25) is 0 Å². The predicted octanol–water partition coefficient (Wildman–Crippen LogP) is 2.33. The highest BCUT2D eigenvalue weighted by atomic mass is 16.5. The Hall–Kier alpha value is -2.90. The zero-order valence-corrected chi connectivity index (χ0v) is 15.4. The van der Waals surface area contributed by atoms with Gasteiger partial charge in [-0.3, -0.25) is 4.90 Å². The quantitative estimate of drug-likeness (QED) is 0.747. The largest absolute Gasteiger partial charge is 0.496 e. The average molecular weight is 366 g/mol. The monoisotopic (exact) mass is 366 g/mol. The van der Waals surface area contributed by atoms with E-state index < -0.39 is 6.10 Å². The van der Waals surface area contributed by atoms with Gasteiger partial charge in [0.25, 0.3) is 0 Å². The Kier molecular flexibility index (Phi) is 4.79. The molecule has 0 spiro atoms. The molecule has 0 saturated heterocycles. The van der Waals surface area contributed by atoms with Crippen LogP contribution in [-0.4, -0.2) is 45.8 Å². The van der Waals surface area contributed by atoms with E-state index in [2.05, 4.69) is 15.1 Å². The second kappa shape index (κ2) is 7.38. The normalized spacial score (nSPS) is 16.8. The molecule has 2 heterocycles. The number of fused-ring (bicyclic) bond motifs is 1. The van der Waals surface area contributed by atoms with Crippen LogP contribution in [0.1, 0.15) is 22.9 Å². The first-order valence-corrected chi connectivity index (χ1v) is 8.80. The Morgan fingerprint density at radius 3 is 2.56 bits per heavy atom. The van der Waals surface area contributed by atoms with Gasteiger partial charge in [-0.05, 0) is 24.3 Å². The van der Waals surface area contributed by atoms with Crippen molar-refractivity contribution in [3.8, 4) is 17.2 Å². The van der Waals surface area contributed by atoms with Gasteiger partial charge in [0, 0.05) is 30.8 Å². The van der Waals surface area contributed by atoms with Gasteiger partial charge in [0.1, 0.15) is 11.5 Å². The topological polar surface area (TPSA) is 72.6 Å². The number of benzene rings is 2. The van der Waals surface area contributed by atoms with Gasteiger partial charge in [-0.1, -0.05) is 18.2 Å². The van der Waals surface area contributed by atoms with E-state index in [9.17, 15) is 5.11 Å². The fourth-order valence-electron chi connectivity index (χ4n) is 3.55. The third-order valence-corrected chi connectivity index (χ3v) is 4.77. The van der Waals surface area contributed by atoms with Crippen molar-refractivity contribution in [3.05, 3.63) is 65.5 Å². The van der Waals surface area contributed by atoms with Gasteiger partial charge in [0.2, 0.25) is 0 Å². The molecule has 7 heteroatoms. The minimum atomic E-state index is -0.650. The lowest BCUT2D eigenvalue weighted by atomic mass is 9.95. The molecule has 1 aliphatic heterocycles. The van der Waals surface area contributed by atoms with E-state index in [4.69, 9.17) is 9.47 Å². The minimum absolute atomic E-state index is 0.495. The van der Waals surface area contributed by atoms with Crippen LogP contribution in [0.15, 0.2) is 48.7 Å². The van der Waals surface area contributed by atoms with Gasteiger partial charge in [0.05, 0.1) is 37.9 Å². The summed E-state index contributed by atoms with van der Waals surface area (Å²) in [6.45, 7) is 1.73. The van der Waals surface area contributed by atoms with E-state index in [1.807, 2.05) is 42.5 Å². The fraction of sp³-hybridized carbons (Fsp3) is 0.300. The average Bonchev–Trinajstić information content (AvgIpc) is 3.16. The number of nitrogens with zero attached hydrogens (tertiary/aromatic N) is 4. The molecule has 3 aromatic rings. The molecule has 27 heavy (non-hydrogen) atoms. The minimum Gasteiger partial charge on any atom is -0.496 e. The molecule has 4 rings (SSSR count). The van der Waals surface area contributed by atoms with Crippen molar-refractivity contribution in [1.29, 1.82) is 0 Å². The first-order chi connectivity index (χ1) is 13.2. The molecule has 0 fully saturated rings. The van der Waals surface area contributed by atoms with Crippen LogP contribution in [0.4, 0.5) is 0 Å². The van der Waals surface area contributed by atoms with Crippen molar-refractivity contribution in [2.45, 2.75) is 19.2 Å². The molecular formula is C20H22N4O3. The van der Waals surface area contributed by atoms with Crippen LogP contribution in [0, 0.1) is 0 Å². The SMILES string of the molecule is COc1ccc(OC)c2c1CN(Cc1cnn(-c3ccccc3)n1)C[C@@H]2O. The van der Waals surface area contributed by atoms with Crippen molar-refractivity contribution in [1.82, 2.24) is 19.9 Å². The lowest BCUT2D eigenvalue weighted by Gasteiger charge is -2.33.